The van der Waals surface area contributed by atoms with Gasteiger partial charge in [-0.15, -0.1) is 0 Å². The molecule has 10 heteroatoms. The van der Waals surface area contributed by atoms with E-state index in [4.69, 9.17) is 9.26 Å². The van der Waals surface area contributed by atoms with Crippen molar-refractivity contribution >= 4 is 17.5 Å². The summed E-state index contributed by atoms with van der Waals surface area (Å²) in [6, 6.07) is 24.4. The maximum Gasteiger partial charge on any atom is 0.256 e. The van der Waals surface area contributed by atoms with Crippen LogP contribution in [0.4, 0.5) is 16.0 Å². The van der Waals surface area contributed by atoms with Gasteiger partial charge in [-0.05, 0) is 29.8 Å². The van der Waals surface area contributed by atoms with Crippen molar-refractivity contribution in [2.75, 3.05) is 11.9 Å². The first-order chi connectivity index (χ1) is 19.5. The molecule has 1 atom stereocenters. The molecule has 9 nitrogen and oxygen atoms in total. The minimum atomic E-state index is -1.00. The van der Waals surface area contributed by atoms with E-state index in [9.17, 15) is 14.3 Å². The Morgan fingerprint density at radius 1 is 1.00 bits per heavy atom. The minimum absolute atomic E-state index is 0.224. The number of rotatable bonds is 9. The standard InChI is InChI=1S/C30H24FN5O4/c31-20-9-6-10-21(15-20)33-30-32-17-25(27(34-30)39-18-19-7-2-1-3-8-19)26-16-22(40-35-26)13-14-36-28(37)23-11-4-5-12-24(23)29(36)38/h1-12,15-17,28,37H,13-14,18H2,(H,32,33,34). The summed E-state index contributed by atoms with van der Waals surface area (Å²) in [6.45, 7) is 0.498. The van der Waals surface area contributed by atoms with Crippen LogP contribution in [-0.4, -0.2) is 37.6 Å². The van der Waals surface area contributed by atoms with E-state index in [1.165, 1.54) is 17.0 Å². The van der Waals surface area contributed by atoms with Gasteiger partial charge in [-0.25, -0.2) is 9.37 Å². The van der Waals surface area contributed by atoms with E-state index in [1.54, 1.807) is 48.7 Å². The molecule has 3 heterocycles. The Kier molecular flexibility index (Phi) is 6.90. The Labute approximate surface area is 228 Å². The van der Waals surface area contributed by atoms with Gasteiger partial charge in [-0.1, -0.05) is 59.8 Å². The number of aliphatic hydroxyl groups excluding tert-OH is 1. The average molecular weight is 538 g/mol. The highest BCUT2D eigenvalue weighted by Crippen LogP contribution is 2.33. The van der Waals surface area contributed by atoms with Crippen LogP contribution in [0.3, 0.4) is 0 Å². The predicted octanol–water partition coefficient (Wildman–Crippen LogP) is 5.28. The molecule has 1 aliphatic heterocycles. The predicted molar refractivity (Wildman–Crippen MR) is 144 cm³/mol. The van der Waals surface area contributed by atoms with Crippen molar-refractivity contribution in [1.82, 2.24) is 20.0 Å². The molecule has 0 bridgehead atoms. The smallest absolute Gasteiger partial charge is 0.256 e. The number of hydrogen-bond donors (Lipinski definition) is 2. The molecular weight excluding hydrogens is 513 g/mol. The zero-order valence-electron chi connectivity index (χ0n) is 21.2. The normalized spacial score (nSPS) is 14.3. The number of nitrogens with zero attached hydrogens (tertiary/aromatic N) is 4. The second-order valence-corrected chi connectivity index (χ2v) is 9.21. The van der Waals surface area contributed by atoms with E-state index < -0.39 is 6.23 Å². The molecule has 0 aliphatic carbocycles. The lowest BCUT2D eigenvalue weighted by Gasteiger charge is -2.19. The van der Waals surface area contributed by atoms with E-state index in [2.05, 4.69) is 20.4 Å². The first-order valence-electron chi connectivity index (χ1n) is 12.7. The molecule has 2 N–H and O–H groups in total. The molecule has 40 heavy (non-hydrogen) atoms. The molecule has 0 spiro atoms. The van der Waals surface area contributed by atoms with Crippen molar-refractivity contribution in [3.63, 3.8) is 0 Å². The first-order valence-corrected chi connectivity index (χ1v) is 12.7. The Hall–Kier alpha value is -5.09. The second kappa shape index (κ2) is 11.0. The van der Waals surface area contributed by atoms with Crippen LogP contribution in [0.2, 0.25) is 0 Å². The summed E-state index contributed by atoms with van der Waals surface area (Å²) in [5, 5.41) is 17.8. The molecule has 0 radical (unpaired) electrons. The summed E-state index contributed by atoms with van der Waals surface area (Å²) in [5.41, 5.74) is 3.48. The van der Waals surface area contributed by atoms with Gasteiger partial charge >= 0.3 is 0 Å². The quantitative estimate of drug-likeness (QED) is 0.261. The largest absolute Gasteiger partial charge is 0.472 e. The van der Waals surface area contributed by atoms with Crippen LogP contribution in [0.25, 0.3) is 11.3 Å². The highest BCUT2D eigenvalue weighted by molar-refractivity contribution is 5.98. The van der Waals surface area contributed by atoms with Crippen LogP contribution in [0, 0.1) is 5.82 Å². The molecule has 1 unspecified atom stereocenters. The SMILES string of the molecule is O=C1c2ccccc2C(O)N1CCc1cc(-c2cnc(Nc3cccc(F)c3)nc2OCc2ccccc2)no1. The number of anilines is 2. The minimum Gasteiger partial charge on any atom is -0.472 e. The number of benzene rings is 3. The van der Waals surface area contributed by atoms with Gasteiger partial charge < -0.3 is 24.6 Å². The van der Waals surface area contributed by atoms with E-state index in [0.29, 0.717) is 40.3 Å². The fourth-order valence-electron chi connectivity index (χ4n) is 4.50. The lowest BCUT2D eigenvalue weighted by atomic mass is 10.1. The summed E-state index contributed by atoms with van der Waals surface area (Å²) in [7, 11) is 0. The zero-order valence-corrected chi connectivity index (χ0v) is 21.2. The average Bonchev–Trinajstić information content (AvgIpc) is 3.54. The van der Waals surface area contributed by atoms with Crippen molar-refractivity contribution in [2.24, 2.45) is 0 Å². The van der Waals surface area contributed by atoms with Gasteiger partial charge in [-0.2, -0.15) is 4.98 Å². The van der Waals surface area contributed by atoms with Gasteiger partial charge in [0.15, 0.2) is 6.23 Å². The number of carbonyl (C=O) groups is 1. The van der Waals surface area contributed by atoms with Gasteiger partial charge in [0.1, 0.15) is 23.9 Å². The highest BCUT2D eigenvalue weighted by atomic mass is 19.1. The number of carbonyl (C=O) groups excluding carboxylic acids is 1. The molecule has 0 saturated carbocycles. The van der Waals surface area contributed by atoms with E-state index >= 15 is 0 Å². The molecular formula is C30H24FN5O4. The van der Waals surface area contributed by atoms with Crippen LogP contribution < -0.4 is 10.1 Å². The van der Waals surface area contributed by atoms with E-state index in [1.807, 2.05) is 30.3 Å². The fraction of sp³-hybridized carbons (Fsp3) is 0.133. The number of fused-ring (bicyclic) bond motifs is 1. The third kappa shape index (κ3) is 5.25. The number of aliphatic hydroxyl groups is 1. The fourth-order valence-corrected chi connectivity index (χ4v) is 4.50. The van der Waals surface area contributed by atoms with Crippen molar-refractivity contribution < 1.29 is 23.6 Å². The number of amides is 1. The van der Waals surface area contributed by atoms with E-state index in [0.717, 1.165) is 5.56 Å². The molecule has 1 amide bonds. The number of aromatic nitrogens is 3. The summed E-state index contributed by atoms with van der Waals surface area (Å²) in [5.74, 6) is 0.390. The highest BCUT2D eigenvalue weighted by Gasteiger charge is 2.34. The third-order valence-electron chi connectivity index (χ3n) is 6.51. The van der Waals surface area contributed by atoms with Crippen LogP contribution in [0.15, 0.2) is 95.6 Å². The molecule has 0 fully saturated rings. The molecule has 200 valence electrons. The van der Waals surface area contributed by atoms with Crippen LogP contribution in [0.5, 0.6) is 5.88 Å². The van der Waals surface area contributed by atoms with Gasteiger partial charge in [0.25, 0.3) is 5.91 Å². The monoisotopic (exact) mass is 537 g/mol. The summed E-state index contributed by atoms with van der Waals surface area (Å²) in [4.78, 5) is 23.0. The Balaban J connectivity index is 1.21. The van der Waals surface area contributed by atoms with Crippen LogP contribution >= 0.6 is 0 Å². The molecule has 3 aromatic carbocycles. The molecule has 2 aromatic heterocycles. The van der Waals surface area contributed by atoms with E-state index in [-0.39, 0.29) is 36.7 Å². The Morgan fingerprint density at radius 2 is 1.82 bits per heavy atom. The molecule has 1 aliphatic rings. The maximum absolute atomic E-state index is 13.7. The van der Waals surface area contributed by atoms with Crippen LogP contribution in [0.1, 0.15) is 33.5 Å². The summed E-state index contributed by atoms with van der Waals surface area (Å²) < 4.78 is 25.3. The number of nitrogens with one attached hydrogen (secondary N) is 1. The Morgan fingerprint density at radius 3 is 2.65 bits per heavy atom. The van der Waals surface area contributed by atoms with Crippen LogP contribution in [-0.2, 0) is 13.0 Å². The zero-order chi connectivity index (χ0) is 27.5. The lowest BCUT2D eigenvalue weighted by Crippen LogP contribution is -2.30. The number of ether oxygens (including phenoxy) is 1. The first kappa shape index (κ1) is 25.2. The maximum atomic E-state index is 13.7. The Bertz CT molecular complexity index is 1660. The van der Waals surface area contributed by atoms with Crippen molar-refractivity contribution in [3.05, 3.63) is 119 Å². The van der Waals surface area contributed by atoms with Crippen molar-refractivity contribution in [2.45, 2.75) is 19.3 Å². The molecule has 0 saturated heterocycles. The topological polar surface area (TPSA) is 114 Å². The lowest BCUT2D eigenvalue weighted by molar-refractivity contribution is 0.0176. The van der Waals surface area contributed by atoms with Crippen molar-refractivity contribution in [1.29, 1.82) is 0 Å². The summed E-state index contributed by atoms with van der Waals surface area (Å²) in [6.07, 6.45) is 0.890. The van der Waals surface area contributed by atoms with Crippen molar-refractivity contribution in [3.8, 4) is 17.1 Å². The molecule has 6 rings (SSSR count). The molecule has 5 aromatic rings. The second-order valence-electron chi connectivity index (χ2n) is 9.21. The number of halogens is 1. The number of hydrogen-bond acceptors (Lipinski definition) is 8. The van der Waals surface area contributed by atoms with Gasteiger partial charge in [-0.3, -0.25) is 4.79 Å². The van der Waals surface area contributed by atoms with Gasteiger partial charge in [0.05, 0.1) is 5.56 Å². The summed E-state index contributed by atoms with van der Waals surface area (Å²) >= 11 is 0. The third-order valence-corrected chi connectivity index (χ3v) is 6.51. The van der Waals surface area contributed by atoms with Gasteiger partial charge in [0, 0.05) is 42.0 Å². The van der Waals surface area contributed by atoms with Gasteiger partial charge in [0.2, 0.25) is 11.8 Å².